The van der Waals surface area contributed by atoms with Crippen molar-refractivity contribution in [2.75, 3.05) is 0 Å². The van der Waals surface area contributed by atoms with Gasteiger partial charge in [-0.2, -0.15) is 0 Å². The lowest BCUT2D eigenvalue weighted by Gasteiger charge is -2.25. The highest BCUT2D eigenvalue weighted by Crippen LogP contribution is 2.18. The predicted octanol–water partition coefficient (Wildman–Crippen LogP) is 4.28. The van der Waals surface area contributed by atoms with Crippen LogP contribution in [-0.4, -0.2) is 23.5 Å². The van der Waals surface area contributed by atoms with Crippen molar-refractivity contribution < 1.29 is 14.3 Å². The first-order valence-corrected chi connectivity index (χ1v) is 9.67. The predicted molar refractivity (Wildman–Crippen MR) is 116 cm³/mol. The summed E-state index contributed by atoms with van der Waals surface area (Å²) in [7, 11) is 0. The number of esters is 1. The van der Waals surface area contributed by atoms with Crippen LogP contribution >= 0.6 is 0 Å². The fourth-order valence-electron chi connectivity index (χ4n) is 3.31. The van der Waals surface area contributed by atoms with E-state index in [1.807, 2.05) is 57.2 Å². The van der Waals surface area contributed by atoms with Crippen LogP contribution in [0.3, 0.4) is 0 Å². The van der Waals surface area contributed by atoms with Gasteiger partial charge >= 0.3 is 5.97 Å². The van der Waals surface area contributed by atoms with Crippen LogP contribution < -0.4 is 5.32 Å². The van der Waals surface area contributed by atoms with Crippen LogP contribution in [-0.2, 0) is 16.0 Å². The van der Waals surface area contributed by atoms with E-state index in [1.165, 1.54) is 0 Å². The summed E-state index contributed by atoms with van der Waals surface area (Å²) in [6.45, 7) is 11.2. The minimum Gasteiger partial charge on any atom is -0.458 e. The van der Waals surface area contributed by atoms with Crippen LogP contribution in [0.4, 0.5) is 0 Å². The number of ether oxygens (including phenoxy) is 1. The second-order valence-electron chi connectivity index (χ2n) is 8.38. The van der Waals surface area contributed by atoms with Crippen molar-refractivity contribution in [3.8, 4) is 12.3 Å². The van der Waals surface area contributed by atoms with Crippen LogP contribution in [0.25, 0.3) is 0 Å². The smallest absolute Gasteiger partial charge is 0.329 e. The summed E-state index contributed by atoms with van der Waals surface area (Å²) in [5.41, 5.74) is 4.43. The monoisotopic (exact) mass is 391 g/mol. The molecule has 1 atom stereocenters. The van der Waals surface area contributed by atoms with Crippen molar-refractivity contribution in [1.82, 2.24) is 5.32 Å². The molecule has 0 bridgehead atoms. The highest BCUT2D eigenvalue weighted by Gasteiger charge is 2.28. The third-order valence-corrected chi connectivity index (χ3v) is 4.46. The standard InChI is InChI=1S/C25H29NO3/c1-8-19-9-11-20(12-10-19)15-21(24(28)29-25(5,6)7)26-23(27)22-17(3)13-16(2)14-18(22)4/h1,9-14,21H,15H2,2-7H3,(H,26,27)/t21-/m0/s1. The van der Waals surface area contributed by atoms with Crippen molar-refractivity contribution in [1.29, 1.82) is 0 Å². The molecule has 4 heteroatoms. The molecule has 0 aliphatic carbocycles. The van der Waals surface area contributed by atoms with Gasteiger partial charge in [0, 0.05) is 17.5 Å². The van der Waals surface area contributed by atoms with Crippen molar-refractivity contribution in [2.45, 2.75) is 59.6 Å². The highest BCUT2D eigenvalue weighted by molar-refractivity contribution is 5.99. The maximum Gasteiger partial charge on any atom is 0.329 e. The molecule has 1 amide bonds. The molecule has 29 heavy (non-hydrogen) atoms. The van der Waals surface area contributed by atoms with Gasteiger partial charge in [-0.3, -0.25) is 4.79 Å². The quantitative estimate of drug-likeness (QED) is 0.611. The molecule has 0 aliphatic rings. The highest BCUT2D eigenvalue weighted by atomic mass is 16.6. The van der Waals surface area contributed by atoms with Gasteiger partial charge in [0.1, 0.15) is 11.6 Å². The number of rotatable bonds is 5. The number of benzene rings is 2. The van der Waals surface area contributed by atoms with E-state index in [1.54, 1.807) is 20.8 Å². The summed E-state index contributed by atoms with van der Waals surface area (Å²) in [5.74, 6) is 1.83. The lowest BCUT2D eigenvalue weighted by Crippen LogP contribution is -2.45. The maximum atomic E-state index is 13.0. The van der Waals surface area contributed by atoms with E-state index in [0.717, 1.165) is 27.8 Å². The molecule has 0 radical (unpaired) electrons. The van der Waals surface area contributed by atoms with Gasteiger partial charge in [0.25, 0.3) is 5.91 Å². The Balaban J connectivity index is 2.30. The minimum absolute atomic E-state index is 0.281. The second kappa shape index (κ2) is 8.96. The summed E-state index contributed by atoms with van der Waals surface area (Å²) in [5, 5.41) is 2.88. The molecule has 2 rings (SSSR count). The van der Waals surface area contributed by atoms with Crippen LogP contribution in [0.2, 0.25) is 0 Å². The molecule has 0 aromatic heterocycles. The number of carbonyl (C=O) groups excluding carboxylic acids is 2. The van der Waals surface area contributed by atoms with E-state index in [0.29, 0.717) is 12.0 Å². The number of hydrogen-bond donors (Lipinski definition) is 1. The number of terminal acetylenes is 1. The third-order valence-electron chi connectivity index (χ3n) is 4.46. The van der Waals surface area contributed by atoms with E-state index in [9.17, 15) is 9.59 Å². The lowest BCUT2D eigenvalue weighted by atomic mass is 9.98. The molecule has 0 saturated carbocycles. The van der Waals surface area contributed by atoms with Gasteiger partial charge in [-0.1, -0.05) is 35.7 Å². The summed E-state index contributed by atoms with van der Waals surface area (Å²) >= 11 is 0. The van der Waals surface area contributed by atoms with Gasteiger partial charge in [0.15, 0.2) is 0 Å². The lowest BCUT2D eigenvalue weighted by molar-refractivity contribution is -0.157. The molecular weight excluding hydrogens is 362 g/mol. The zero-order chi connectivity index (χ0) is 21.8. The number of aryl methyl sites for hydroxylation is 3. The third kappa shape index (κ3) is 6.22. The number of amides is 1. The molecule has 152 valence electrons. The fourth-order valence-corrected chi connectivity index (χ4v) is 3.31. The Kier molecular flexibility index (Phi) is 6.87. The molecule has 0 unspecified atom stereocenters. The summed E-state index contributed by atoms with van der Waals surface area (Å²) in [6, 6.07) is 10.5. The Labute approximate surface area is 173 Å². The molecule has 0 aliphatic heterocycles. The zero-order valence-electron chi connectivity index (χ0n) is 18.1. The molecule has 2 aromatic rings. The zero-order valence-corrected chi connectivity index (χ0v) is 18.1. The number of hydrogen-bond acceptors (Lipinski definition) is 3. The second-order valence-corrected chi connectivity index (χ2v) is 8.38. The Morgan fingerprint density at radius 2 is 1.62 bits per heavy atom. The van der Waals surface area contributed by atoms with Gasteiger partial charge in [0.05, 0.1) is 0 Å². The number of nitrogens with one attached hydrogen (secondary N) is 1. The van der Waals surface area contributed by atoms with Crippen molar-refractivity contribution in [2.24, 2.45) is 0 Å². The van der Waals surface area contributed by atoms with E-state index in [2.05, 4.69) is 11.2 Å². The van der Waals surface area contributed by atoms with E-state index in [4.69, 9.17) is 11.2 Å². The van der Waals surface area contributed by atoms with Crippen molar-refractivity contribution in [3.05, 3.63) is 69.8 Å². The average Bonchev–Trinajstić information content (AvgIpc) is 2.59. The Bertz CT molecular complexity index is 921. The van der Waals surface area contributed by atoms with Gasteiger partial charge < -0.3 is 10.1 Å². The van der Waals surface area contributed by atoms with E-state index in [-0.39, 0.29) is 5.91 Å². The molecule has 0 spiro atoms. The van der Waals surface area contributed by atoms with Gasteiger partial charge in [-0.05, 0) is 70.4 Å². The first-order chi connectivity index (χ1) is 13.5. The molecule has 0 fully saturated rings. The van der Waals surface area contributed by atoms with Crippen molar-refractivity contribution >= 4 is 11.9 Å². The van der Waals surface area contributed by atoms with Crippen LogP contribution in [0.1, 0.15) is 58.9 Å². The van der Waals surface area contributed by atoms with Gasteiger partial charge in [0.2, 0.25) is 0 Å². The maximum absolute atomic E-state index is 13.0. The molecule has 0 saturated heterocycles. The Morgan fingerprint density at radius 3 is 2.10 bits per heavy atom. The minimum atomic E-state index is -0.807. The fraction of sp³-hybridized carbons (Fsp3) is 0.360. The first kappa shape index (κ1) is 22.2. The molecule has 4 nitrogen and oxygen atoms in total. The van der Waals surface area contributed by atoms with Crippen molar-refractivity contribution in [3.63, 3.8) is 0 Å². The average molecular weight is 392 g/mol. The van der Waals surface area contributed by atoms with Gasteiger partial charge in [-0.25, -0.2) is 4.79 Å². The van der Waals surface area contributed by atoms with Crippen LogP contribution in [0.15, 0.2) is 36.4 Å². The SMILES string of the molecule is C#Cc1ccc(C[C@H](NC(=O)c2c(C)cc(C)cc2C)C(=O)OC(C)(C)C)cc1. The largest absolute Gasteiger partial charge is 0.458 e. The molecule has 1 N–H and O–H groups in total. The van der Waals surface area contributed by atoms with Crippen LogP contribution in [0.5, 0.6) is 0 Å². The summed E-state index contributed by atoms with van der Waals surface area (Å²) in [6.07, 6.45) is 5.72. The normalized spacial score (nSPS) is 12.0. The van der Waals surface area contributed by atoms with E-state index >= 15 is 0 Å². The summed E-state index contributed by atoms with van der Waals surface area (Å²) < 4.78 is 5.55. The first-order valence-electron chi connectivity index (χ1n) is 9.67. The van der Waals surface area contributed by atoms with Crippen LogP contribution in [0, 0.1) is 33.1 Å². The Morgan fingerprint density at radius 1 is 1.07 bits per heavy atom. The molecule has 2 aromatic carbocycles. The molecular formula is C25H29NO3. The summed E-state index contributed by atoms with van der Waals surface area (Å²) in [4.78, 5) is 25.8. The van der Waals surface area contributed by atoms with E-state index < -0.39 is 17.6 Å². The Hall–Kier alpha value is -3.06. The topological polar surface area (TPSA) is 55.4 Å². The molecule has 0 heterocycles. The van der Waals surface area contributed by atoms with Gasteiger partial charge in [-0.15, -0.1) is 6.42 Å². The number of carbonyl (C=O) groups is 2.